The summed E-state index contributed by atoms with van der Waals surface area (Å²) in [5, 5.41) is 0. The molecule has 2 atom stereocenters. The number of hydrogen-bond donors (Lipinski definition) is 1. The maximum absolute atomic E-state index is 12.2. The predicted octanol–water partition coefficient (Wildman–Crippen LogP) is 0.447. The summed E-state index contributed by atoms with van der Waals surface area (Å²) in [6.45, 7) is 2.13. The number of carbonyl (C=O) groups is 1. The van der Waals surface area contributed by atoms with Gasteiger partial charge >= 0.3 is 0 Å². The molecule has 1 aliphatic rings. The lowest BCUT2D eigenvalue weighted by Crippen LogP contribution is -2.41. The number of likely N-dealkylation sites (tertiary alicyclic amines) is 1. The van der Waals surface area contributed by atoms with E-state index in [2.05, 4.69) is 0 Å². The molecule has 3 nitrogen and oxygen atoms in total. The zero-order valence-electron chi connectivity index (χ0n) is 7.54. The van der Waals surface area contributed by atoms with E-state index in [1.807, 2.05) is 0 Å². The molecule has 1 saturated heterocycles. The Kier molecular flexibility index (Phi) is 3.19. The van der Waals surface area contributed by atoms with Crippen molar-refractivity contribution in [3.8, 4) is 0 Å². The fourth-order valence-electron chi connectivity index (χ4n) is 1.48. The highest BCUT2D eigenvalue weighted by atomic mass is 19.3. The Hall–Kier alpha value is -0.710. The number of amides is 1. The lowest BCUT2D eigenvalue weighted by Gasteiger charge is -2.18. The van der Waals surface area contributed by atoms with Crippen LogP contribution < -0.4 is 5.73 Å². The zero-order chi connectivity index (χ0) is 10.0. The topological polar surface area (TPSA) is 46.3 Å². The summed E-state index contributed by atoms with van der Waals surface area (Å²) in [7, 11) is 0. The van der Waals surface area contributed by atoms with Gasteiger partial charge in [-0.2, -0.15) is 0 Å². The number of rotatable bonds is 2. The Morgan fingerprint density at radius 1 is 1.62 bits per heavy atom. The van der Waals surface area contributed by atoms with E-state index in [4.69, 9.17) is 5.73 Å². The number of hydrogen-bond acceptors (Lipinski definition) is 2. The van der Waals surface area contributed by atoms with Gasteiger partial charge in [0.15, 0.2) is 0 Å². The van der Waals surface area contributed by atoms with Crippen LogP contribution in [0.15, 0.2) is 0 Å². The van der Waals surface area contributed by atoms with E-state index in [0.717, 1.165) is 0 Å². The van der Waals surface area contributed by atoms with Gasteiger partial charge in [-0.15, -0.1) is 0 Å². The third-order valence-electron chi connectivity index (χ3n) is 2.28. The van der Waals surface area contributed by atoms with Crippen LogP contribution in [0.4, 0.5) is 8.78 Å². The molecule has 13 heavy (non-hydrogen) atoms. The van der Waals surface area contributed by atoms with Crippen molar-refractivity contribution in [2.24, 2.45) is 11.7 Å². The molecule has 1 rings (SSSR count). The van der Waals surface area contributed by atoms with Crippen LogP contribution in [0.1, 0.15) is 13.3 Å². The van der Waals surface area contributed by atoms with Crippen LogP contribution in [-0.4, -0.2) is 36.4 Å². The second-order valence-electron chi connectivity index (χ2n) is 3.46. The molecule has 0 aromatic carbocycles. The maximum Gasteiger partial charge on any atom is 0.243 e. The van der Waals surface area contributed by atoms with Crippen LogP contribution in [0.5, 0.6) is 0 Å². The number of halogens is 2. The van der Waals surface area contributed by atoms with Crippen molar-refractivity contribution >= 4 is 5.91 Å². The number of nitrogens with zero attached hydrogens (tertiary/aromatic N) is 1. The van der Waals surface area contributed by atoms with Gasteiger partial charge in [-0.05, 0) is 13.3 Å². The van der Waals surface area contributed by atoms with Gasteiger partial charge in [-0.1, -0.05) is 0 Å². The molecule has 1 fully saturated rings. The molecular formula is C8H14F2N2O. The molecule has 76 valence electrons. The monoisotopic (exact) mass is 192 g/mol. The molecular weight excluding hydrogens is 178 g/mol. The minimum absolute atomic E-state index is 0.151. The van der Waals surface area contributed by atoms with Crippen LogP contribution in [0.3, 0.4) is 0 Å². The highest BCUT2D eigenvalue weighted by Crippen LogP contribution is 2.22. The van der Waals surface area contributed by atoms with E-state index in [1.165, 1.54) is 4.90 Å². The second kappa shape index (κ2) is 4.00. The Balaban J connectivity index is 2.45. The predicted molar refractivity (Wildman–Crippen MR) is 44.3 cm³/mol. The highest BCUT2D eigenvalue weighted by Gasteiger charge is 2.32. The fraction of sp³-hybridized carbons (Fsp3) is 0.875. The van der Waals surface area contributed by atoms with E-state index in [9.17, 15) is 13.6 Å². The van der Waals surface area contributed by atoms with Crippen LogP contribution in [-0.2, 0) is 4.79 Å². The molecule has 0 aromatic rings. The van der Waals surface area contributed by atoms with Crippen molar-refractivity contribution < 1.29 is 13.6 Å². The van der Waals surface area contributed by atoms with Crippen LogP contribution in [0, 0.1) is 5.92 Å². The Morgan fingerprint density at radius 2 is 2.23 bits per heavy atom. The average Bonchev–Trinajstić information content (AvgIpc) is 2.50. The number of alkyl halides is 2. The first-order valence-corrected chi connectivity index (χ1v) is 4.35. The van der Waals surface area contributed by atoms with E-state index >= 15 is 0 Å². The normalized spacial score (nSPS) is 25.3. The molecule has 0 spiro atoms. The third-order valence-corrected chi connectivity index (χ3v) is 2.28. The molecule has 0 bridgehead atoms. The molecule has 5 heteroatoms. The standard InChI is InChI=1S/C8H14F2N2O/c1-5(11)8(13)12-3-2-6(4-12)7(9)10/h5-7H,2-4,11H2,1H3/t5-,6+/m0/s1. The van der Waals surface area contributed by atoms with Crippen molar-refractivity contribution in [3.05, 3.63) is 0 Å². The molecule has 0 aliphatic carbocycles. The first kappa shape index (κ1) is 10.4. The van der Waals surface area contributed by atoms with Gasteiger partial charge in [0.25, 0.3) is 0 Å². The smallest absolute Gasteiger partial charge is 0.243 e. The minimum atomic E-state index is -2.33. The molecule has 1 heterocycles. The van der Waals surface area contributed by atoms with Gasteiger partial charge in [0, 0.05) is 19.0 Å². The van der Waals surface area contributed by atoms with Crippen LogP contribution in [0.2, 0.25) is 0 Å². The van der Waals surface area contributed by atoms with Crippen molar-refractivity contribution in [1.82, 2.24) is 4.90 Å². The summed E-state index contributed by atoms with van der Waals surface area (Å²) >= 11 is 0. The molecule has 0 unspecified atom stereocenters. The Bertz CT molecular complexity index is 197. The summed E-state index contributed by atoms with van der Waals surface area (Å²) in [6, 6.07) is -0.587. The second-order valence-corrected chi connectivity index (χ2v) is 3.46. The lowest BCUT2D eigenvalue weighted by atomic mass is 10.1. The van der Waals surface area contributed by atoms with Crippen LogP contribution in [0.25, 0.3) is 0 Å². The largest absolute Gasteiger partial charge is 0.341 e. The van der Waals surface area contributed by atoms with Gasteiger partial charge in [0.1, 0.15) is 0 Å². The van der Waals surface area contributed by atoms with Gasteiger partial charge in [0.2, 0.25) is 12.3 Å². The number of nitrogens with two attached hydrogens (primary N) is 1. The summed E-state index contributed by atoms with van der Waals surface area (Å²) in [5.41, 5.74) is 5.36. The van der Waals surface area contributed by atoms with Crippen molar-refractivity contribution in [2.45, 2.75) is 25.8 Å². The van der Waals surface area contributed by atoms with Crippen molar-refractivity contribution in [3.63, 3.8) is 0 Å². The van der Waals surface area contributed by atoms with Gasteiger partial charge in [-0.3, -0.25) is 4.79 Å². The van der Waals surface area contributed by atoms with E-state index in [1.54, 1.807) is 6.92 Å². The molecule has 0 aromatic heterocycles. The number of carbonyl (C=O) groups excluding carboxylic acids is 1. The quantitative estimate of drug-likeness (QED) is 0.690. The van der Waals surface area contributed by atoms with Crippen molar-refractivity contribution in [2.75, 3.05) is 13.1 Å². The zero-order valence-corrected chi connectivity index (χ0v) is 7.54. The first-order chi connectivity index (χ1) is 6.02. The SMILES string of the molecule is C[C@H](N)C(=O)N1CC[C@@H](C(F)F)C1. The Morgan fingerprint density at radius 3 is 2.62 bits per heavy atom. The Labute approximate surface area is 75.9 Å². The van der Waals surface area contributed by atoms with Gasteiger partial charge in [-0.25, -0.2) is 8.78 Å². The maximum atomic E-state index is 12.2. The van der Waals surface area contributed by atoms with E-state index < -0.39 is 18.4 Å². The molecule has 1 aliphatic heterocycles. The fourth-order valence-corrected chi connectivity index (χ4v) is 1.48. The average molecular weight is 192 g/mol. The minimum Gasteiger partial charge on any atom is -0.341 e. The summed E-state index contributed by atoms with van der Waals surface area (Å²) in [5.74, 6) is -0.897. The molecule has 0 radical (unpaired) electrons. The van der Waals surface area contributed by atoms with E-state index in [0.29, 0.717) is 13.0 Å². The molecule has 1 amide bonds. The van der Waals surface area contributed by atoms with Crippen molar-refractivity contribution in [1.29, 1.82) is 0 Å². The summed E-state index contributed by atoms with van der Waals surface area (Å²) in [6.07, 6.45) is -1.94. The highest BCUT2D eigenvalue weighted by molar-refractivity contribution is 5.81. The van der Waals surface area contributed by atoms with Gasteiger partial charge in [0.05, 0.1) is 6.04 Å². The lowest BCUT2D eigenvalue weighted by molar-refractivity contribution is -0.131. The summed E-state index contributed by atoms with van der Waals surface area (Å²) < 4.78 is 24.4. The third kappa shape index (κ3) is 2.37. The molecule has 0 saturated carbocycles. The van der Waals surface area contributed by atoms with Crippen LogP contribution >= 0.6 is 0 Å². The molecule has 2 N–H and O–H groups in total. The first-order valence-electron chi connectivity index (χ1n) is 4.35. The van der Waals surface area contributed by atoms with E-state index in [-0.39, 0.29) is 12.5 Å². The van der Waals surface area contributed by atoms with Gasteiger partial charge < -0.3 is 10.6 Å². The summed E-state index contributed by atoms with van der Waals surface area (Å²) in [4.78, 5) is 12.7.